The summed E-state index contributed by atoms with van der Waals surface area (Å²) in [5.74, 6) is 1.11. The van der Waals surface area contributed by atoms with Gasteiger partial charge in [0.2, 0.25) is 0 Å². The summed E-state index contributed by atoms with van der Waals surface area (Å²) in [6.07, 6.45) is 10.4. The molecule has 0 aromatic carbocycles. The molecule has 2 fully saturated rings. The van der Waals surface area contributed by atoms with Crippen LogP contribution in [0.4, 0.5) is 5.82 Å². The maximum Gasteiger partial charge on any atom is 0.150 e. The molecule has 0 radical (unpaired) electrons. The van der Waals surface area contributed by atoms with Crippen molar-refractivity contribution in [1.82, 2.24) is 9.97 Å². The molecule has 0 bridgehead atoms. The molecule has 1 aliphatic heterocycles. The van der Waals surface area contributed by atoms with Crippen molar-refractivity contribution in [1.29, 1.82) is 0 Å². The van der Waals surface area contributed by atoms with Crippen molar-refractivity contribution in [2.75, 3.05) is 18.0 Å². The standard InChI is InChI=1S/C15H23N3/c1-12-11-16-13(2)14(17-12)18-9-7-15(8-10-18)5-3-4-6-15/h11H,3-10H2,1-2H3. The van der Waals surface area contributed by atoms with Gasteiger partial charge in [-0.2, -0.15) is 0 Å². The van der Waals surface area contributed by atoms with Gasteiger partial charge >= 0.3 is 0 Å². The first-order valence-electron chi connectivity index (χ1n) is 7.24. The third-order valence-electron chi connectivity index (χ3n) is 4.84. The summed E-state index contributed by atoms with van der Waals surface area (Å²) >= 11 is 0. The fraction of sp³-hybridized carbons (Fsp3) is 0.733. The van der Waals surface area contributed by atoms with Crippen LogP contribution in [0, 0.1) is 19.3 Å². The lowest BCUT2D eigenvalue weighted by Gasteiger charge is -2.40. The number of rotatable bonds is 1. The van der Waals surface area contributed by atoms with Crippen molar-refractivity contribution in [2.24, 2.45) is 5.41 Å². The molecule has 1 spiro atoms. The fourth-order valence-electron chi connectivity index (χ4n) is 3.64. The van der Waals surface area contributed by atoms with Gasteiger partial charge in [0, 0.05) is 19.3 Å². The summed E-state index contributed by atoms with van der Waals surface area (Å²) in [5.41, 5.74) is 2.78. The van der Waals surface area contributed by atoms with E-state index in [0.29, 0.717) is 5.41 Å². The van der Waals surface area contributed by atoms with Gasteiger partial charge < -0.3 is 4.90 Å². The van der Waals surface area contributed by atoms with Gasteiger partial charge in [0.05, 0.1) is 11.4 Å². The Morgan fingerprint density at radius 3 is 2.39 bits per heavy atom. The van der Waals surface area contributed by atoms with Crippen molar-refractivity contribution < 1.29 is 0 Å². The third-order valence-corrected chi connectivity index (χ3v) is 4.84. The van der Waals surface area contributed by atoms with Crippen LogP contribution in [0.1, 0.15) is 49.9 Å². The number of aryl methyl sites for hydroxylation is 2. The molecule has 1 saturated carbocycles. The molecule has 18 heavy (non-hydrogen) atoms. The normalized spacial score (nSPS) is 22.7. The molecule has 2 heterocycles. The highest BCUT2D eigenvalue weighted by atomic mass is 15.2. The molecule has 98 valence electrons. The largest absolute Gasteiger partial charge is 0.355 e. The molecule has 0 amide bonds. The minimum atomic E-state index is 0.682. The number of nitrogens with zero attached hydrogens (tertiary/aromatic N) is 3. The van der Waals surface area contributed by atoms with Crippen LogP contribution in [0.2, 0.25) is 0 Å². The number of hydrogen-bond donors (Lipinski definition) is 0. The zero-order valence-electron chi connectivity index (χ0n) is 11.6. The Morgan fingerprint density at radius 2 is 1.72 bits per heavy atom. The predicted molar refractivity (Wildman–Crippen MR) is 73.9 cm³/mol. The Hall–Kier alpha value is -1.12. The van der Waals surface area contributed by atoms with E-state index in [9.17, 15) is 0 Å². The Bertz CT molecular complexity index is 425. The highest BCUT2D eigenvalue weighted by molar-refractivity contribution is 5.43. The van der Waals surface area contributed by atoms with E-state index < -0.39 is 0 Å². The number of piperidine rings is 1. The van der Waals surface area contributed by atoms with E-state index in [1.807, 2.05) is 13.1 Å². The summed E-state index contributed by atoms with van der Waals surface area (Å²) < 4.78 is 0. The molecular weight excluding hydrogens is 222 g/mol. The van der Waals surface area contributed by atoms with Gasteiger partial charge in [-0.25, -0.2) is 4.98 Å². The molecule has 3 rings (SSSR count). The number of hydrogen-bond acceptors (Lipinski definition) is 3. The Labute approximate surface area is 110 Å². The van der Waals surface area contributed by atoms with Gasteiger partial charge in [-0.1, -0.05) is 12.8 Å². The fourth-order valence-corrected chi connectivity index (χ4v) is 3.64. The summed E-state index contributed by atoms with van der Waals surface area (Å²) in [7, 11) is 0. The van der Waals surface area contributed by atoms with Crippen LogP contribution in [0.15, 0.2) is 6.20 Å². The average Bonchev–Trinajstić information content (AvgIpc) is 2.82. The van der Waals surface area contributed by atoms with Crippen molar-refractivity contribution in [3.63, 3.8) is 0 Å². The van der Waals surface area contributed by atoms with Gasteiger partial charge in [0.1, 0.15) is 5.82 Å². The van der Waals surface area contributed by atoms with Gasteiger partial charge in [-0.3, -0.25) is 4.98 Å². The highest BCUT2D eigenvalue weighted by Crippen LogP contribution is 2.46. The Morgan fingerprint density at radius 1 is 1.06 bits per heavy atom. The smallest absolute Gasteiger partial charge is 0.150 e. The van der Waals surface area contributed by atoms with E-state index >= 15 is 0 Å². The molecule has 3 heteroatoms. The molecule has 1 saturated heterocycles. The first kappa shape index (κ1) is 11.9. The second-order valence-corrected chi connectivity index (χ2v) is 6.11. The number of aromatic nitrogens is 2. The SMILES string of the molecule is Cc1cnc(C)c(N2CCC3(CCCC3)CC2)n1. The lowest BCUT2D eigenvalue weighted by molar-refractivity contribution is 0.226. The van der Waals surface area contributed by atoms with E-state index in [-0.39, 0.29) is 0 Å². The van der Waals surface area contributed by atoms with Crippen molar-refractivity contribution in [2.45, 2.75) is 52.4 Å². The molecular formula is C15H23N3. The van der Waals surface area contributed by atoms with E-state index in [2.05, 4.69) is 21.8 Å². The van der Waals surface area contributed by atoms with Crippen molar-refractivity contribution in [3.8, 4) is 0 Å². The van der Waals surface area contributed by atoms with Crippen LogP contribution in [0.25, 0.3) is 0 Å². The maximum atomic E-state index is 4.67. The second kappa shape index (κ2) is 4.52. The van der Waals surface area contributed by atoms with Crippen LogP contribution >= 0.6 is 0 Å². The molecule has 1 aliphatic carbocycles. The van der Waals surface area contributed by atoms with Crippen LogP contribution in [0.3, 0.4) is 0 Å². The molecule has 3 nitrogen and oxygen atoms in total. The Balaban J connectivity index is 1.74. The zero-order valence-corrected chi connectivity index (χ0v) is 11.6. The van der Waals surface area contributed by atoms with Crippen LogP contribution in [-0.2, 0) is 0 Å². The van der Waals surface area contributed by atoms with Gasteiger partial charge in [0.15, 0.2) is 0 Å². The van der Waals surface area contributed by atoms with Crippen LogP contribution in [0.5, 0.6) is 0 Å². The molecule has 2 aliphatic rings. The molecule has 0 unspecified atom stereocenters. The van der Waals surface area contributed by atoms with Crippen LogP contribution in [-0.4, -0.2) is 23.1 Å². The maximum absolute atomic E-state index is 4.67. The van der Waals surface area contributed by atoms with Gasteiger partial charge in [0.25, 0.3) is 0 Å². The predicted octanol–water partition coefficient (Wildman–Crippen LogP) is 3.25. The van der Waals surface area contributed by atoms with Crippen molar-refractivity contribution >= 4 is 5.82 Å². The molecule has 1 aromatic rings. The monoisotopic (exact) mass is 245 g/mol. The summed E-state index contributed by atoms with van der Waals surface area (Å²) in [4.78, 5) is 11.6. The van der Waals surface area contributed by atoms with Gasteiger partial charge in [-0.05, 0) is 44.9 Å². The minimum Gasteiger partial charge on any atom is -0.355 e. The average molecular weight is 245 g/mol. The molecule has 0 N–H and O–H groups in total. The second-order valence-electron chi connectivity index (χ2n) is 6.11. The summed E-state index contributed by atoms with van der Waals surface area (Å²) in [6.45, 7) is 6.43. The van der Waals surface area contributed by atoms with E-state index in [1.165, 1.54) is 51.6 Å². The lowest BCUT2D eigenvalue weighted by Crippen LogP contribution is -2.39. The minimum absolute atomic E-state index is 0.682. The lowest BCUT2D eigenvalue weighted by atomic mass is 9.77. The quantitative estimate of drug-likeness (QED) is 0.760. The molecule has 0 atom stereocenters. The van der Waals surface area contributed by atoms with Crippen molar-refractivity contribution in [3.05, 3.63) is 17.6 Å². The highest BCUT2D eigenvalue weighted by Gasteiger charge is 2.37. The van der Waals surface area contributed by atoms with E-state index in [4.69, 9.17) is 0 Å². The summed E-state index contributed by atoms with van der Waals surface area (Å²) in [5, 5.41) is 0. The molecule has 1 aromatic heterocycles. The summed E-state index contributed by atoms with van der Waals surface area (Å²) in [6, 6.07) is 0. The first-order chi connectivity index (χ1) is 8.69. The third kappa shape index (κ3) is 2.11. The van der Waals surface area contributed by atoms with Gasteiger partial charge in [-0.15, -0.1) is 0 Å². The van der Waals surface area contributed by atoms with E-state index in [0.717, 1.165) is 17.2 Å². The van der Waals surface area contributed by atoms with E-state index in [1.54, 1.807) is 0 Å². The Kier molecular flexibility index (Phi) is 3.00. The first-order valence-corrected chi connectivity index (χ1v) is 7.24. The zero-order chi connectivity index (χ0) is 12.6. The number of anilines is 1. The van der Waals surface area contributed by atoms with Crippen LogP contribution < -0.4 is 4.90 Å². The topological polar surface area (TPSA) is 29.0 Å².